The van der Waals surface area contributed by atoms with Crippen LogP contribution in [0.4, 0.5) is 5.82 Å². The van der Waals surface area contributed by atoms with E-state index in [4.69, 9.17) is 11.6 Å². The molecule has 0 bridgehead atoms. The molecule has 0 aromatic carbocycles. The zero-order valence-electron chi connectivity index (χ0n) is 9.25. The minimum absolute atomic E-state index is 0.435. The van der Waals surface area contributed by atoms with E-state index in [1.165, 1.54) is 6.33 Å². The van der Waals surface area contributed by atoms with Gasteiger partial charge < -0.3 is 5.32 Å². The third kappa shape index (κ3) is 3.54. The maximum atomic E-state index is 5.92. The molecule has 84 valence electrons. The van der Waals surface area contributed by atoms with Gasteiger partial charge in [0.05, 0.1) is 0 Å². The third-order valence-corrected chi connectivity index (χ3v) is 3.34. The van der Waals surface area contributed by atoms with Crippen molar-refractivity contribution in [2.45, 2.75) is 26.3 Å². The average molecular weight is 246 g/mol. The van der Waals surface area contributed by atoms with E-state index in [9.17, 15) is 0 Å². The number of hydrogen-bond acceptors (Lipinski definition) is 4. The molecule has 0 fully saturated rings. The number of hydrogen-bond donors (Lipinski definition) is 1. The van der Waals surface area contributed by atoms with Gasteiger partial charge in [0.1, 0.15) is 17.3 Å². The maximum Gasteiger partial charge on any atom is 0.137 e. The summed E-state index contributed by atoms with van der Waals surface area (Å²) in [6, 6.07) is 0.435. The van der Waals surface area contributed by atoms with E-state index >= 15 is 0 Å². The Morgan fingerprint density at radius 1 is 1.53 bits per heavy atom. The minimum atomic E-state index is 0.435. The summed E-state index contributed by atoms with van der Waals surface area (Å²) < 4.78 is 0. The molecule has 1 N–H and O–H groups in total. The van der Waals surface area contributed by atoms with Crippen molar-refractivity contribution in [1.29, 1.82) is 0 Å². The van der Waals surface area contributed by atoms with Crippen LogP contribution < -0.4 is 5.32 Å². The Labute approximate surface area is 100 Å². The largest absolute Gasteiger partial charge is 0.366 e. The molecule has 15 heavy (non-hydrogen) atoms. The van der Waals surface area contributed by atoms with Gasteiger partial charge in [-0.15, -0.1) is 0 Å². The third-order valence-electron chi connectivity index (χ3n) is 2.22. The van der Waals surface area contributed by atoms with Crippen molar-refractivity contribution in [3.05, 3.63) is 17.0 Å². The van der Waals surface area contributed by atoms with E-state index in [1.54, 1.807) is 0 Å². The fourth-order valence-corrected chi connectivity index (χ4v) is 2.08. The van der Waals surface area contributed by atoms with Gasteiger partial charge >= 0.3 is 0 Å². The predicted molar refractivity (Wildman–Crippen MR) is 67.9 cm³/mol. The first-order valence-electron chi connectivity index (χ1n) is 4.91. The van der Waals surface area contributed by atoms with E-state index in [-0.39, 0.29) is 0 Å². The van der Waals surface area contributed by atoms with Crippen molar-refractivity contribution in [1.82, 2.24) is 9.97 Å². The molecule has 1 atom stereocenters. The normalized spacial score (nSPS) is 12.5. The van der Waals surface area contributed by atoms with Gasteiger partial charge in [0, 0.05) is 17.4 Å². The number of nitrogens with one attached hydrogen (secondary N) is 1. The molecule has 0 aliphatic carbocycles. The zero-order chi connectivity index (χ0) is 11.3. The van der Waals surface area contributed by atoms with Gasteiger partial charge in [0.25, 0.3) is 0 Å². The second kappa shape index (κ2) is 6.18. The van der Waals surface area contributed by atoms with Crippen molar-refractivity contribution in [3.63, 3.8) is 0 Å². The van der Waals surface area contributed by atoms with Crippen LogP contribution in [0.3, 0.4) is 0 Å². The SMILES string of the molecule is CCC(CSC)Nc1ncnc(Cl)c1C. The first-order valence-corrected chi connectivity index (χ1v) is 6.68. The Balaban J connectivity index is 2.74. The molecule has 0 saturated heterocycles. The summed E-state index contributed by atoms with van der Waals surface area (Å²) in [6.45, 7) is 4.09. The quantitative estimate of drug-likeness (QED) is 0.810. The molecule has 0 aliphatic rings. The molecular formula is C10H16ClN3S. The lowest BCUT2D eigenvalue weighted by Gasteiger charge is -2.17. The van der Waals surface area contributed by atoms with Crippen LogP contribution in [0.5, 0.6) is 0 Å². The number of halogens is 1. The summed E-state index contributed by atoms with van der Waals surface area (Å²) in [5.41, 5.74) is 0.915. The zero-order valence-corrected chi connectivity index (χ0v) is 10.8. The lowest BCUT2D eigenvalue weighted by molar-refractivity contribution is 0.767. The summed E-state index contributed by atoms with van der Waals surface area (Å²) in [6.07, 6.45) is 4.66. The Morgan fingerprint density at radius 2 is 2.27 bits per heavy atom. The maximum absolute atomic E-state index is 5.92. The molecule has 0 saturated carbocycles. The molecule has 1 rings (SSSR count). The fourth-order valence-electron chi connectivity index (χ4n) is 1.23. The van der Waals surface area contributed by atoms with E-state index in [0.29, 0.717) is 11.2 Å². The number of aromatic nitrogens is 2. The molecule has 0 aliphatic heterocycles. The van der Waals surface area contributed by atoms with Gasteiger partial charge in [0.15, 0.2) is 0 Å². The van der Waals surface area contributed by atoms with E-state index in [2.05, 4.69) is 28.5 Å². The van der Waals surface area contributed by atoms with Crippen LogP contribution in [0.2, 0.25) is 5.15 Å². The Morgan fingerprint density at radius 3 is 2.87 bits per heavy atom. The average Bonchev–Trinajstić information content (AvgIpc) is 2.24. The summed E-state index contributed by atoms with van der Waals surface area (Å²) in [7, 11) is 0. The van der Waals surface area contributed by atoms with Crippen LogP contribution >= 0.6 is 23.4 Å². The second-order valence-corrected chi connectivity index (χ2v) is 4.61. The highest BCUT2D eigenvalue weighted by molar-refractivity contribution is 7.98. The van der Waals surface area contributed by atoms with Gasteiger partial charge in [0.2, 0.25) is 0 Å². The van der Waals surface area contributed by atoms with Crippen LogP contribution in [0.15, 0.2) is 6.33 Å². The van der Waals surface area contributed by atoms with Crippen LogP contribution in [0, 0.1) is 6.92 Å². The topological polar surface area (TPSA) is 37.8 Å². The predicted octanol–water partition coefficient (Wildman–Crippen LogP) is 2.99. The lowest BCUT2D eigenvalue weighted by Crippen LogP contribution is -2.22. The molecule has 1 heterocycles. The summed E-state index contributed by atoms with van der Waals surface area (Å²) >= 11 is 7.75. The van der Waals surface area contributed by atoms with Crippen LogP contribution in [0.1, 0.15) is 18.9 Å². The van der Waals surface area contributed by atoms with E-state index in [0.717, 1.165) is 23.6 Å². The van der Waals surface area contributed by atoms with Gasteiger partial charge in [-0.2, -0.15) is 11.8 Å². The van der Waals surface area contributed by atoms with Gasteiger partial charge in [-0.05, 0) is 19.6 Å². The molecule has 1 aromatic heterocycles. The molecule has 0 radical (unpaired) electrons. The molecular weight excluding hydrogens is 230 g/mol. The lowest BCUT2D eigenvalue weighted by atomic mass is 10.2. The molecule has 0 amide bonds. The van der Waals surface area contributed by atoms with E-state index < -0.39 is 0 Å². The van der Waals surface area contributed by atoms with Gasteiger partial charge in [-0.1, -0.05) is 18.5 Å². The number of thioether (sulfide) groups is 1. The minimum Gasteiger partial charge on any atom is -0.366 e. The highest BCUT2D eigenvalue weighted by Crippen LogP contribution is 2.19. The summed E-state index contributed by atoms with van der Waals surface area (Å²) in [4.78, 5) is 8.12. The van der Waals surface area contributed by atoms with Crippen LogP contribution in [-0.4, -0.2) is 28.0 Å². The molecule has 0 spiro atoms. The number of nitrogens with zero attached hydrogens (tertiary/aromatic N) is 2. The fraction of sp³-hybridized carbons (Fsp3) is 0.600. The molecule has 3 nitrogen and oxygen atoms in total. The molecule has 5 heteroatoms. The van der Waals surface area contributed by atoms with Crippen molar-refractivity contribution < 1.29 is 0 Å². The summed E-state index contributed by atoms with van der Waals surface area (Å²) in [5, 5.41) is 3.90. The Bertz CT molecular complexity index is 320. The van der Waals surface area contributed by atoms with Crippen LogP contribution in [0.25, 0.3) is 0 Å². The van der Waals surface area contributed by atoms with E-state index in [1.807, 2.05) is 18.7 Å². The van der Waals surface area contributed by atoms with Crippen molar-refractivity contribution in [2.24, 2.45) is 0 Å². The number of anilines is 1. The van der Waals surface area contributed by atoms with Crippen LogP contribution in [-0.2, 0) is 0 Å². The summed E-state index contributed by atoms with van der Waals surface area (Å²) in [5.74, 6) is 1.91. The first kappa shape index (κ1) is 12.6. The Hall–Kier alpha value is -0.480. The smallest absolute Gasteiger partial charge is 0.137 e. The molecule has 1 aromatic rings. The monoisotopic (exact) mass is 245 g/mol. The molecule has 1 unspecified atom stereocenters. The van der Waals surface area contributed by atoms with Crippen molar-refractivity contribution in [2.75, 3.05) is 17.3 Å². The first-order chi connectivity index (χ1) is 7.19. The highest BCUT2D eigenvalue weighted by Gasteiger charge is 2.09. The van der Waals surface area contributed by atoms with Gasteiger partial charge in [-0.25, -0.2) is 9.97 Å². The van der Waals surface area contributed by atoms with Crippen molar-refractivity contribution in [3.8, 4) is 0 Å². The standard InChI is InChI=1S/C10H16ClN3S/c1-4-8(5-15-3)14-10-7(2)9(11)12-6-13-10/h6,8H,4-5H2,1-3H3,(H,12,13,14). The van der Waals surface area contributed by atoms with Gasteiger partial charge in [-0.3, -0.25) is 0 Å². The highest BCUT2D eigenvalue weighted by atomic mass is 35.5. The van der Waals surface area contributed by atoms with Crippen molar-refractivity contribution >= 4 is 29.2 Å². The Kier molecular flexibility index (Phi) is 5.19. The number of rotatable bonds is 5. The second-order valence-electron chi connectivity index (χ2n) is 3.34.